The lowest BCUT2D eigenvalue weighted by atomic mass is 9.98. The standard InChI is InChI=1S/C20H15ClN4O2S/c1-26-11-3-5-12(6-4-11)28-18-13-8-10(21)2-7-15(13)27-20-16(18)17(23)14(9-22)19(24)25-20/h2-8,18H,1H3,(H4,23,24,25). The quantitative estimate of drug-likeness (QED) is 0.640. The Kier molecular flexibility index (Phi) is 4.67. The van der Waals surface area contributed by atoms with Crippen molar-refractivity contribution in [3.8, 4) is 23.4 Å². The van der Waals surface area contributed by atoms with Crippen LogP contribution in [0.3, 0.4) is 0 Å². The first-order chi connectivity index (χ1) is 13.5. The highest BCUT2D eigenvalue weighted by Crippen LogP contribution is 2.54. The topological polar surface area (TPSA) is 107 Å². The van der Waals surface area contributed by atoms with Gasteiger partial charge in [0.25, 0.3) is 0 Å². The zero-order chi connectivity index (χ0) is 19.8. The van der Waals surface area contributed by atoms with Crippen molar-refractivity contribution in [1.82, 2.24) is 4.98 Å². The van der Waals surface area contributed by atoms with E-state index in [1.54, 1.807) is 31.0 Å². The van der Waals surface area contributed by atoms with Crippen LogP contribution in [0.15, 0.2) is 47.4 Å². The van der Waals surface area contributed by atoms with Gasteiger partial charge in [-0.3, -0.25) is 0 Å². The molecule has 1 aliphatic rings. The van der Waals surface area contributed by atoms with E-state index in [9.17, 15) is 5.26 Å². The van der Waals surface area contributed by atoms with Gasteiger partial charge in [-0.2, -0.15) is 10.2 Å². The number of nitriles is 1. The molecule has 2 aromatic carbocycles. The lowest BCUT2D eigenvalue weighted by Crippen LogP contribution is -2.14. The van der Waals surface area contributed by atoms with E-state index in [4.69, 9.17) is 32.5 Å². The maximum Gasteiger partial charge on any atom is 0.228 e. The minimum atomic E-state index is -0.272. The van der Waals surface area contributed by atoms with Gasteiger partial charge in [0.1, 0.15) is 28.9 Å². The van der Waals surface area contributed by atoms with E-state index in [-0.39, 0.29) is 22.3 Å². The van der Waals surface area contributed by atoms with Gasteiger partial charge in [0.2, 0.25) is 5.88 Å². The van der Waals surface area contributed by atoms with Gasteiger partial charge in [-0.1, -0.05) is 11.6 Å². The molecule has 6 nitrogen and oxygen atoms in total. The molecule has 0 aliphatic carbocycles. The number of hydrogen-bond donors (Lipinski definition) is 2. The van der Waals surface area contributed by atoms with E-state index in [1.165, 1.54) is 0 Å². The van der Waals surface area contributed by atoms with Gasteiger partial charge in [0.05, 0.1) is 23.6 Å². The molecule has 4 rings (SSSR count). The van der Waals surface area contributed by atoms with Crippen molar-refractivity contribution in [1.29, 1.82) is 5.26 Å². The molecule has 8 heteroatoms. The number of thioether (sulfide) groups is 1. The number of hydrogen-bond acceptors (Lipinski definition) is 7. The van der Waals surface area contributed by atoms with E-state index in [0.29, 0.717) is 22.2 Å². The number of methoxy groups -OCH3 is 1. The smallest absolute Gasteiger partial charge is 0.228 e. The average Bonchev–Trinajstić information content (AvgIpc) is 2.69. The summed E-state index contributed by atoms with van der Waals surface area (Å²) in [6, 6.07) is 15.1. The summed E-state index contributed by atoms with van der Waals surface area (Å²) in [4.78, 5) is 5.26. The number of anilines is 2. The first-order valence-electron chi connectivity index (χ1n) is 8.28. The number of halogens is 1. The van der Waals surface area contributed by atoms with Gasteiger partial charge < -0.3 is 20.9 Å². The third kappa shape index (κ3) is 3.07. The van der Waals surface area contributed by atoms with E-state index >= 15 is 0 Å². The van der Waals surface area contributed by atoms with Crippen molar-refractivity contribution in [2.45, 2.75) is 10.1 Å². The number of nitrogens with two attached hydrogens (primary N) is 2. The third-order valence-corrected chi connectivity index (χ3v) is 5.92. The second-order valence-corrected chi connectivity index (χ2v) is 7.69. The molecule has 2 heterocycles. The van der Waals surface area contributed by atoms with Crippen molar-refractivity contribution in [2.75, 3.05) is 18.6 Å². The first-order valence-corrected chi connectivity index (χ1v) is 9.54. The summed E-state index contributed by atoms with van der Waals surface area (Å²) in [5, 5.41) is 9.75. The molecular formula is C20H15ClN4O2S. The summed E-state index contributed by atoms with van der Waals surface area (Å²) < 4.78 is 11.1. The Morgan fingerprint density at radius 1 is 1.21 bits per heavy atom. The van der Waals surface area contributed by atoms with Crippen LogP contribution in [0.4, 0.5) is 11.5 Å². The number of aromatic nitrogens is 1. The van der Waals surface area contributed by atoms with Crippen LogP contribution >= 0.6 is 23.4 Å². The summed E-state index contributed by atoms with van der Waals surface area (Å²) in [6.45, 7) is 0. The molecule has 1 atom stereocenters. The molecule has 4 N–H and O–H groups in total. The summed E-state index contributed by atoms with van der Waals surface area (Å²) in [7, 11) is 1.62. The SMILES string of the molecule is COc1ccc(SC2c3cc(Cl)ccc3Oc3nc(N)c(C#N)c(N)c32)cc1. The highest BCUT2D eigenvalue weighted by molar-refractivity contribution is 7.99. The summed E-state index contributed by atoms with van der Waals surface area (Å²) in [5.74, 6) is 1.74. The second-order valence-electron chi connectivity index (χ2n) is 6.07. The van der Waals surface area contributed by atoms with Crippen molar-refractivity contribution in [2.24, 2.45) is 0 Å². The van der Waals surface area contributed by atoms with E-state index in [1.807, 2.05) is 36.4 Å². The molecule has 28 heavy (non-hydrogen) atoms. The lowest BCUT2D eigenvalue weighted by molar-refractivity contribution is 0.414. The van der Waals surface area contributed by atoms with E-state index < -0.39 is 0 Å². The predicted octanol–water partition coefficient (Wildman–Crippen LogP) is 4.77. The van der Waals surface area contributed by atoms with Crippen molar-refractivity contribution in [3.63, 3.8) is 0 Å². The van der Waals surface area contributed by atoms with Crippen molar-refractivity contribution >= 4 is 34.9 Å². The van der Waals surface area contributed by atoms with Crippen molar-refractivity contribution < 1.29 is 9.47 Å². The zero-order valence-electron chi connectivity index (χ0n) is 14.8. The molecule has 0 bridgehead atoms. The van der Waals surface area contributed by atoms with Crippen LogP contribution in [-0.2, 0) is 0 Å². The number of rotatable bonds is 3. The Morgan fingerprint density at radius 3 is 2.64 bits per heavy atom. The number of nitrogens with zero attached hydrogens (tertiary/aromatic N) is 2. The van der Waals surface area contributed by atoms with Crippen molar-refractivity contribution in [3.05, 3.63) is 64.2 Å². The molecule has 0 radical (unpaired) electrons. The van der Waals surface area contributed by atoms with Crippen LogP contribution in [0.2, 0.25) is 5.02 Å². The maximum absolute atomic E-state index is 9.44. The maximum atomic E-state index is 9.44. The number of nitrogen functional groups attached to an aromatic ring is 2. The number of pyridine rings is 1. The van der Waals surface area contributed by atoms with Gasteiger partial charge in [-0.25, -0.2) is 0 Å². The fourth-order valence-corrected chi connectivity index (χ4v) is 4.45. The predicted molar refractivity (Wildman–Crippen MR) is 110 cm³/mol. The molecule has 1 unspecified atom stereocenters. The number of ether oxygens (including phenoxy) is 2. The van der Waals surface area contributed by atoms with Gasteiger partial charge in [-0.15, -0.1) is 11.8 Å². The molecular weight excluding hydrogens is 396 g/mol. The Bertz CT molecular complexity index is 1110. The molecule has 1 aliphatic heterocycles. The molecule has 0 fully saturated rings. The fraction of sp³-hybridized carbons (Fsp3) is 0.100. The van der Waals surface area contributed by atoms with Crippen LogP contribution in [0, 0.1) is 11.3 Å². The molecule has 0 saturated heterocycles. The Morgan fingerprint density at radius 2 is 1.96 bits per heavy atom. The van der Waals surface area contributed by atoms with Crippen LogP contribution in [0.5, 0.6) is 17.4 Å². The van der Waals surface area contributed by atoms with Crippen LogP contribution < -0.4 is 20.9 Å². The van der Waals surface area contributed by atoms with E-state index in [0.717, 1.165) is 16.2 Å². The van der Waals surface area contributed by atoms with Gasteiger partial charge in [0.15, 0.2) is 0 Å². The molecule has 140 valence electrons. The van der Waals surface area contributed by atoms with Gasteiger partial charge >= 0.3 is 0 Å². The lowest BCUT2D eigenvalue weighted by Gasteiger charge is -2.29. The zero-order valence-corrected chi connectivity index (χ0v) is 16.3. The minimum absolute atomic E-state index is 0.0457. The van der Waals surface area contributed by atoms with Crippen LogP contribution in [0.1, 0.15) is 21.9 Å². The summed E-state index contributed by atoms with van der Waals surface area (Å²) in [6.07, 6.45) is 0. The molecule has 0 saturated carbocycles. The molecule has 3 aromatic rings. The third-order valence-electron chi connectivity index (χ3n) is 4.42. The molecule has 0 amide bonds. The molecule has 0 spiro atoms. The van der Waals surface area contributed by atoms with Gasteiger partial charge in [-0.05, 0) is 42.5 Å². The minimum Gasteiger partial charge on any atom is -0.497 e. The highest BCUT2D eigenvalue weighted by Gasteiger charge is 2.33. The second kappa shape index (κ2) is 7.15. The van der Waals surface area contributed by atoms with Gasteiger partial charge in [0, 0.05) is 15.5 Å². The highest BCUT2D eigenvalue weighted by atomic mass is 35.5. The number of benzene rings is 2. The Balaban J connectivity index is 1.88. The average molecular weight is 411 g/mol. The molecule has 1 aromatic heterocycles. The Labute approximate surface area is 171 Å². The first kappa shape index (κ1) is 18.3. The summed E-state index contributed by atoms with van der Waals surface area (Å²) in [5.41, 5.74) is 14.1. The fourth-order valence-electron chi connectivity index (χ4n) is 3.05. The largest absolute Gasteiger partial charge is 0.497 e. The normalized spacial score (nSPS) is 14.4. The Hall–Kier alpha value is -3.08. The summed E-state index contributed by atoms with van der Waals surface area (Å²) >= 11 is 7.79. The monoisotopic (exact) mass is 410 g/mol. The number of fused-ring (bicyclic) bond motifs is 2. The van der Waals surface area contributed by atoms with Crippen LogP contribution in [0.25, 0.3) is 0 Å². The van der Waals surface area contributed by atoms with E-state index in [2.05, 4.69) is 4.98 Å². The van der Waals surface area contributed by atoms with Crippen LogP contribution in [-0.4, -0.2) is 12.1 Å².